The highest BCUT2D eigenvalue weighted by molar-refractivity contribution is 5.97. The van der Waals surface area contributed by atoms with Crippen molar-refractivity contribution in [2.75, 3.05) is 6.54 Å². The van der Waals surface area contributed by atoms with Gasteiger partial charge in [0, 0.05) is 17.7 Å². The van der Waals surface area contributed by atoms with Gasteiger partial charge in [-0.15, -0.1) is 0 Å². The quantitative estimate of drug-likeness (QED) is 0.504. The maximum Gasteiger partial charge on any atom is 0.251 e. The highest BCUT2D eigenvalue weighted by Gasteiger charge is 2.20. The minimum atomic E-state index is -0.198. The van der Waals surface area contributed by atoms with Gasteiger partial charge in [-0.25, -0.2) is 0 Å². The molecule has 4 heteroatoms. The Bertz CT molecular complexity index is 373. The van der Waals surface area contributed by atoms with E-state index in [4.69, 9.17) is 0 Å². The highest BCUT2D eigenvalue weighted by Crippen LogP contribution is 2.32. The Labute approximate surface area is 74.8 Å². The van der Waals surface area contributed by atoms with Crippen molar-refractivity contribution in [3.63, 3.8) is 0 Å². The molecule has 1 aromatic carbocycles. The lowest BCUT2D eigenvalue weighted by Gasteiger charge is -2.17. The number of phenolic OH excluding ortho intramolecular Hbond substituents is 2. The van der Waals surface area contributed by atoms with E-state index in [1.807, 2.05) is 0 Å². The minimum absolute atomic E-state index is 0.173. The van der Waals surface area contributed by atoms with Crippen LogP contribution in [-0.4, -0.2) is 22.7 Å². The summed E-state index contributed by atoms with van der Waals surface area (Å²) in [5.41, 5.74) is 0.977. The monoisotopic (exact) mass is 179 g/mol. The molecule has 0 atom stereocenters. The van der Waals surface area contributed by atoms with Gasteiger partial charge in [0.1, 0.15) is 0 Å². The Hall–Kier alpha value is -1.71. The Kier molecular flexibility index (Phi) is 1.62. The average Bonchev–Trinajstić information content (AvgIpc) is 2.12. The van der Waals surface area contributed by atoms with Crippen LogP contribution >= 0.6 is 0 Å². The fraction of sp³-hybridized carbons (Fsp3) is 0.222. The number of carbonyl (C=O) groups is 1. The molecular weight excluding hydrogens is 170 g/mol. The number of rotatable bonds is 0. The number of phenols is 2. The van der Waals surface area contributed by atoms with E-state index in [0.717, 1.165) is 0 Å². The second-order valence-corrected chi connectivity index (χ2v) is 2.97. The second kappa shape index (κ2) is 2.65. The Morgan fingerprint density at radius 3 is 2.85 bits per heavy atom. The molecule has 0 radical (unpaired) electrons. The van der Waals surface area contributed by atoms with E-state index in [-0.39, 0.29) is 17.4 Å². The van der Waals surface area contributed by atoms with Crippen molar-refractivity contribution in [3.05, 3.63) is 23.3 Å². The van der Waals surface area contributed by atoms with Gasteiger partial charge in [0.15, 0.2) is 11.5 Å². The first-order valence-electron chi connectivity index (χ1n) is 4.02. The van der Waals surface area contributed by atoms with Crippen molar-refractivity contribution in [1.82, 2.24) is 5.32 Å². The average molecular weight is 179 g/mol. The summed E-state index contributed by atoms with van der Waals surface area (Å²) in [6.07, 6.45) is 0.557. The molecule has 4 nitrogen and oxygen atoms in total. The molecule has 2 rings (SSSR count). The third-order valence-corrected chi connectivity index (χ3v) is 2.17. The summed E-state index contributed by atoms with van der Waals surface area (Å²) in [5.74, 6) is -0.544. The molecule has 13 heavy (non-hydrogen) atoms. The van der Waals surface area contributed by atoms with E-state index in [0.29, 0.717) is 24.1 Å². The molecule has 0 saturated heterocycles. The Morgan fingerprint density at radius 1 is 1.31 bits per heavy atom. The maximum absolute atomic E-state index is 11.2. The summed E-state index contributed by atoms with van der Waals surface area (Å²) in [5, 5.41) is 21.3. The summed E-state index contributed by atoms with van der Waals surface area (Å²) >= 11 is 0. The van der Waals surface area contributed by atoms with Crippen LogP contribution in [0.25, 0.3) is 0 Å². The van der Waals surface area contributed by atoms with Crippen molar-refractivity contribution >= 4 is 5.91 Å². The summed E-state index contributed by atoms with van der Waals surface area (Å²) in [6, 6.07) is 2.83. The molecule has 1 amide bonds. The molecule has 1 aromatic rings. The topological polar surface area (TPSA) is 69.6 Å². The predicted molar refractivity (Wildman–Crippen MR) is 45.8 cm³/mol. The van der Waals surface area contributed by atoms with E-state index >= 15 is 0 Å². The summed E-state index contributed by atoms with van der Waals surface area (Å²) < 4.78 is 0. The molecule has 1 aliphatic heterocycles. The molecule has 0 saturated carbocycles. The summed E-state index contributed by atoms with van der Waals surface area (Å²) in [6.45, 7) is 0.503. The molecule has 3 N–H and O–H groups in total. The minimum Gasteiger partial charge on any atom is -0.504 e. The van der Waals surface area contributed by atoms with E-state index in [2.05, 4.69) is 5.32 Å². The molecule has 1 aliphatic rings. The van der Waals surface area contributed by atoms with Gasteiger partial charge in [-0.3, -0.25) is 4.79 Å². The largest absolute Gasteiger partial charge is 0.504 e. The Morgan fingerprint density at radius 2 is 2.08 bits per heavy atom. The number of carbonyl (C=O) groups excluding carboxylic acids is 1. The molecule has 0 unspecified atom stereocenters. The normalized spacial score (nSPS) is 14.9. The van der Waals surface area contributed by atoms with Crippen molar-refractivity contribution in [2.24, 2.45) is 0 Å². The predicted octanol–water partition coefficient (Wildman–Crippen LogP) is 0.384. The van der Waals surface area contributed by atoms with E-state index < -0.39 is 0 Å². The SMILES string of the molecule is O=C1NCCc2c1ccc(O)c2O. The lowest BCUT2D eigenvalue weighted by Crippen LogP contribution is -2.31. The van der Waals surface area contributed by atoms with Gasteiger partial charge in [0.25, 0.3) is 5.91 Å². The summed E-state index contributed by atoms with van der Waals surface area (Å²) in [4.78, 5) is 11.2. The van der Waals surface area contributed by atoms with E-state index in [1.54, 1.807) is 0 Å². The zero-order chi connectivity index (χ0) is 9.42. The summed E-state index contributed by atoms with van der Waals surface area (Å²) in [7, 11) is 0. The molecular formula is C9H9NO3. The fourth-order valence-electron chi connectivity index (χ4n) is 1.49. The molecule has 0 fully saturated rings. The van der Waals surface area contributed by atoms with Gasteiger partial charge in [0.05, 0.1) is 0 Å². The number of benzene rings is 1. The number of aromatic hydroxyl groups is 2. The van der Waals surface area contributed by atoms with Crippen LogP contribution in [-0.2, 0) is 6.42 Å². The van der Waals surface area contributed by atoms with Crippen LogP contribution in [0.15, 0.2) is 12.1 Å². The van der Waals surface area contributed by atoms with Crippen LogP contribution in [0.3, 0.4) is 0 Å². The number of nitrogens with one attached hydrogen (secondary N) is 1. The lowest BCUT2D eigenvalue weighted by atomic mass is 9.99. The number of hydrogen-bond donors (Lipinski definition) is 3. The molecule has 1 heterocycles. The van der Waals surface area contributed by atoms with Gasteiger partial charge in [-0.2, -0.15) is 0 Å². The smallest absolute Gasteiger partial charge is 0.251 e. The van der Waals surface area contributed by atoms with E-state index in [1.165, 1.54) is 12.1 Å². The number of fused-ring (bicyclic) bond motifs is 1. The molecule has 68 valence electrons. The number of hydrogen-bond acceptors (Lipinski definition) is 3. The first-order valence-corrected chi connectivity index (χ1v) is 4.02. The second-order valence-electron chi connectivity index (χ2n) is 2.97. The first kappa shape index (κ1) is 7.91. The zero-order valence-corrected chi connectivity index (χ0v) is 6.87. The molecule has 0 aliphatic carbocycles. The highest BCUT2D eigenvalue weighted by atomic mass is 16.3. The van der Waals surface area contributed by atoms with Gasteiger partial charge < -0.3 is 15.5 Å². The third kappa shape index (κ3) is 1.11. The standard InChI is InChI=1S/C9H9NO3/c11-7-2-1-6-5(8(7)12)3-4-10-9(6)13/h1-2,11-12H,3-4H2,(H,10,13). The zero-order valence-electron chi connectivity index (χ0n) is 6.87. The van der Waals surface area contributed by atoms with Crippen LogP contribution < -0.4 is 5.32 Å². The number of amides is 1. The van der Waals surface area contributed by atoms with Crippen molar-refractivity contribution in [3.8, 4) is 11.5 Å². The molecule has 0 aromatic heterocycles. The third-order valence-electron chi connectivity index (χ3n) is 2.17. The van der Waals surface area contributed by atoms with Crippen molar-refractivity contribution in [2.45, 2.75) is 6.42 Å². The van der Waals surface area contributed by atoms with Crippen LogP contribution in [0, 0.1) is 0 Å². The van der Waals surface area contributed by atoms with Crippen LogP contribution in [0.5, 0.6) is 11.5 Å². The van der Waals surface area contributed by atoms with Gasteiger partial charge in [0.2, 0.25) is 0 Å². The van der Waals surface area contributed by atoms with Gasteiger partial charge in [-0.05, 0) is 18.6 Å². The Balaban J connectivity index is 2.63. The molecule has 0 bridgehead atoms. The van der Waals surface area contributed by atoms with Crippen molar-refractivity contribution < 1.29 is 15.0 Å². The maximum atomic E-state index is 11.2. The van der Waals surface area contributed by atoms with Crippen LogP contribution in [0.2, 0.25) is 0 Å². The first-order chi connectivity index (χ1) is 6.20. The van der Waals surface area contributed by atoms with Crippen molar-refractivity contribution in [1.29, 1.82) is 0 Å². The van der Waals surface area contributed by atoms with E-state index in [9.17, 15) is 15.0 Å². The van der Waals surface area contributed by atoms with Gasteiger partial charge in [-0.1, -0.05) is 0 Å². The van der Waals surface area contributed by atoms with Crippen LogP contribution in [0.1, 0.15) is 15.9 Å². The molecule has 0 spiro atoms. The van der Waals surface area contributed by atoms with Gasteiger partial charge >= 0.3 is 0 Å². The lowest BCUT2D eigenvalue weighted by molar-refractivity contribution is 0.0945. The fourth-order valence-corrected chi connectivity index (χ4v) is 1.49. The van der Waals surface area contributed by atoms with Crippen LogP contribution in [0.4, 0.5) is 0 Å².